The molecule has 0 heterocycles. The predicted octanol–water partition coefficient (Wildman–Crippen LogP) is 4.52. The Balaban J connectivity index is -0.000000118. The number of rotatable bonds is 2. The van der Waals surface area contributed by atoms with Crippen LogP contribution in [0.5, 0.6) is 0 Å². The van der Waals surface area contributed by atoms with Crippen molar-refractivity contribution < 1.29 is 0 Å². The minimum Gasteiger partial charge on any atom is -0.0991 e. The average molecular weight is 166 g/mol. The Hall–Kier alpha value is -1.04. The first-order chi connectivity index (χ1) is 5.83. The lowest BCUT2D eigenvalue weighted by atomic mass is 10.5. The molecule has 0 saturated heterocycles. The van der Waals surface area contributed by atoms with Gasteiger partial charge in [0.05, 0.1) is 0 Å². The monoisotopic (exact) mass is 166 g/mol. The Morgan fingerprint density at radius 2 is 1.00 bits per heavy atom. The van der Waals surface area contributed by atoms with Gasteiger partial charge in [-0.1, -0.05) is 63.5 Å². The molecule has 0 radical (unpaired) electrons. The van der Waals surface area contributed by atoms with Gasteiger partial charge in [0, 0.05) is 0 Å². The van der Waals surface area contributed by atoms with Gasteiger partial charge in [-0.15, -0.1) is 0 Å². The summed E-state index contributed by atoms with van der Waals surface area (Å²) in [4.78, 5) is 0. The van der Waals surface area contributed by atoms with Crippen LogP contribution in [0.25, 0.3) is 0 Å². The normalized spacial score (nSPS) is 8.00. The molecule has 70 valence electrons. The van der Waals surface area contributed by atoms with Gasteiger partial charge in [-0.3, -0.25) is 0 Å². The Kier molecular flexibility index (Phi) is 46.5. The molecular weight excluding hydrogens is 144 g/mol. The van der Waals surface area contributed by atoms with Crippen molar-refractivity contribution in [1.29, 1.82) is 0 Å². The highest BCUT2D eigenvalue weighted by Gasteiger charge is 1.48. The van der Waals surface area contributed by atoms with Crippen molar-refractivity contribution in [2.45, 2.75) is 27.7 Å². The fourth-order valence-corrected chi connectivity index (χ4v) is 0.222. The molecule has 0 aromatic rings. The van der Waals surface area contributed by atoms with E-state index in [4.69, 9.17) is 0 Å². The SMILES string of the molecule is C/C=C\C=C/C.C=CC=C.CC. The largest absolute Gasteiger partial charge is 0.0991 e. The lowest BCUT2D eigenvalue weighted by Gasteiger charge is -1.62. The number of hydrogen-bond acceptors (Lipinski definition) is 0. The molecule has 0 aliphatic heterocycles. The molecule has 0 saturated carbocycles. The fraction of sp³-hybridized carbons (Fsp3) is 0.333. The molecule has 0 amide bonds. The standard InChI is InChI=1S/C6H10.C4H6.C2H6/c1-3-5-6-4-2;1-3-4-2;1-2/h3-6H,1-2H3;3-4H,1-2H2;1-2H3/b5-3-,6-4-;;. The van der Waals surface area contributed by atoms with Gasteiger partial charge in [-0.2, -0.15) is 0 Å². The lowest BCUT2D eigenvalue weighted by Crippen LogP contribution is -1.40. The third kappa shape index (κ3) is 64.8. The minimum atomic E-state index is 1.64. The van der Waals surface area contributed by atoms with Crippen molar-refractivity contribution in [1.82, 2.24) is 0 Å². The van der Waals surface area contributed by atoms with Crippen LogP contribution >= 0.6 is 0 Å². The third-order valence-corrected chi connectivity index (χ3v) is 0.663. The third-order valence-electron chi connectivity index (χ3n) is 0.663. The summed E-state index contributed by atoms with van der Waals surface area (Å²) < 4.78 is 0. The van der Waals surface area contributed by atoms with Gasteiger partial charge in [0.25, 0.3) is 0 Å². The van der Waals surface area contributed by atoms with Crippen LogP contribution in [0.4, 0.5) is 0 Å². The zero-order valence-electron chi connectivity index (χ0n) is 8.88. The van der Waals surface area contributed by atoms with Gasteiger partial charge in [0.15, 0.2) is 0 Å². The fourth-order valence-electron chi connectivity index (χ4n) is 0.222. The average Bonchev–Trinajstić information content (AvgIpc) is 2.18. The molecule has 0 unspecified atom stereocenters. The maximum absolute atomic E-state index is 3.36. The van der Waals surface area contributed by atoms with Crippen LogP contribution < -0.4 is 0 Å². The second-order valence-electron chi connectivity index (χ2n) is 1.52. The topological polar surface area (TPSA) is 0 Å². The van der Waals surface area contributed by atoms with E-state index >= 15 is 0 Å². The molecule has 0 spiro atoms. The van der Waals surface area contributed by atoms with Crippen LogP contribution in [-0.4, -0.2) is 0 Å². The molecule has 0 fully saturated rings. The molecule has 0 rings (SSSR count). The van der Waals surface area contributed by atoms with Gasteiger partial charge in [0.2, 0.25) is 0 Å². The molecule has 0 heteroatoms. The van der Waals surface area contributed by atoms with Crippen LogP contribution in [0, 0.1) is 0 Å². The van der Waals surface area contributed by atoms with E-state index in [0.29, 0.717) is 0 Å². The highest BCUT2D eigenvalue weighted by molar-refractivity contribution is 4.98. The summed E-state index contributed by atoms with van der Waals surface area (Å²) in [7, 11) is 0. The molecule has 0 nitrogen and oxygen atoms in total. The Labute approximate surface area is 78.0 Å². The van der Waals surface area contributed by atoms with Crippen LogP contribution in [0.2, 0.25) is 0 Å². The predicted molar refractivity (Wildman–Crippen MR) is 61.4 cm³/mol. The lowest BCUT2D eigenvalue weighted by molar-refractivity contribution is 1.50. The molecular formula is C12H22. The maximum Gasteiger partial charge on any atom is -0.0467 e. The smallest absolute Gasteiger partial charge is 0.0467 e. The molecule has 0 N–H and O–H groups in total. The molecule has 0 aromatic heterocycles. The minimum absolute atomic E-state index is 1.64. The summed E-state index contributed by atoms with van der Waals surface area (Å²) in [5, 5.41) is 0. The van der Waals surface area contributed by atoms with E-state index in [1.165, 1.54) is 0 Å². The van der Waals surface area contributed by atoms with Gasteiger partial charge < -0.3 is 0 Å². The highest BCUT2D eigenvalue weighted by Crippen LogP contribution is 1.71. The molecule has 0 atom stereocenters. The van der Waals surface area contributed by atoms with Crippen molar-refractivity contribution in [2.75, 3.05) is 0 Å². The van der Waals surface area contributed by atoms with Crippen molar-refractivity contribution >= 4 is 0 Å². The molecule has 0 bridgehead atoms. The van der Waals surface area contributed by atoms with E-state index in [9.17, 15) is 0 Å². The van der Waals surface area contributed by atoms with Crippen molar-refractivity contribution in [3.8, 4) is 0 Å². The summed E-state index contributed by atoms with van der Waals surface area (Å²) in [5.41, 5.74) is 0. The molecule has 0 aromatic carbocycles. The summed E-state index contributed by atoms with van der Waals surface area (Å²) in [5.74, 6) is 0. The van der Waals surface area contributed by atoms with E-state index in [2.05, 4.69) is 13.2 Å². The quantitative estimate of drug-likeness (QED) is 0.529. The first-order valence-electron chi connectivity index (χ1n) is 4.30. The Morgan fingerprint density at radius 3 is 1.08 bits per heavy atom. The second kappa shape index (κ2) is 32.5. The number of allylic oxidation sites excluding steroid dienone is 6. The van der Waals surface area contributed by atoms with E-state index < -0.39 is 0 Å². The summed E-state index contributed by atoms with van der Waals surface area (Å²) >= 11 is 0. The van der Waals surface area contributed by atoms with Gasteiger partial charge >= 0.3 is 0 Å². The summed E-state index contributed by atoms with van der Waals surface area (Å²) in [6, 6.07) is 0. The van der Waals surface area contributed by atoms with Crippen molar-refractivity contribution in [2.24, 2.45) is 0 Å². The Morgan fingerprint density at radius 1 is 0.750 bits per heavy atom. The molecule has 12 heavy (non-hydrogen) atoms. The van der Waals surface area contributed by atoms with Gasteiger partial charge in [-0.25, -0.2) is 0 Å². The van der Waals surface area contributed by atoms with E-state index in [-0.39, 0.29) is 0 Å². The first-order valence-corrected chi connectivity index (χ1v) is 4.30. The van der Waals surface area contributed by atoms with Crippen LogP contribution in [0.15, 0.2) is 49.6 Å². The Bertz CT molecular complexity index is 100. The van der Waals surface area contributed by atoms with E-state index in [1.54, 1.807) is 12.2 Å². The molecule has 0 aliphatic carbocycles. The van der Waals surface area contributed by atoms with Gasteiger partial charge in [0.1, 0.15) is 0 Å². The zero-order chi connectivity index (χ0) is 10.2. The number of hydrogen-bond donors (Lipinski definition) is 0. The molecule has 0 aliphatic rings. The summed E-state index contributed by atoms with van der Waals surface area (Å²) in [6.45, 7) is 14.7. The van der Waals surface area contributed by atoms with Crippen molar-refractivity contribution in [3.63, 3.8) is 0 Å². The van der Waals surface area contributed by atoms with Crippen LogP contribution in [0.1, 0.15) is 27.7 Å². The van der Waals surface area contributed by atoms with Crippen LogP contribution in [-0.2, 0) is 0 Å². The van der Waals surface area contributed by atoms with Crippen LogP contribution in [0.3, 0.4) is 0 Å². The van der Waals surface area contributed by atoms with Gasteiger partial charge in [-0.05, 0) is 13.8 Å². The van der Waals surface area contributed by atoms with E-state index in [1.807, 2.05) is 52.0 Å². The maximum atomic E-state index is 3.36. The van der Waals surface area contributed by atoms with E-state index in [0.717, 1.165) is 0 Å². The highest BCUT2D eigenvalue weighted by atomic mass is 13.6. The summed E-state index contributed by atoms with van der Waals surface area (Å²) in [6.07, 6.45) is 11.3. The first kappa shape index (κ1) is 17.2. The zero-order valence-corrected chi connectivity index (χ0v) is 8.88. The second-order valence-corrected chi connectivity index (χ2v) is 1.52. The van der Waals surface area contributed by atoms with Crippen molar-refractivity contribution in [3.05, 3.63) is 49.6 Å².